The van der Waals surface area contributed by atoms with Gasteiger partial charge in [0.2, 0.25) is 5.95 Å². The van der Waals surface area contributed by atoms with Crippen LogP contribution in [0.5, 0.6) is 0 Å². The summed E-state index contributed by atoms with van der Waals surface area (Å²) in [6.07, 6.45) is -3.17. The van der Waals surface area contributed by atoms with Crippen LogP contribution in [-0.4, -0.2) is 30.9 Å². The first-order valence-electron chi connectivity index (χ1n) is 6.04. The number of amides is 1. The van der Waals surface area contributed by atoms with Crippen LogP contribution >= 0.6 is 0 Å². The van der Waals surface area contributed by atoms with Crippen molar-refractivity contribution >= 4 is 11.9 Å². The Morgan fingerprint density at radius 3 is 2.57 bits per heavy atom. The molecule has 114 valence electrons. The van der Waals surface area contributed by atoms with E-state index in [4.69, 9.17) is 0 Å². The van der Waals surface area contributed by atoms with Crippen molar-refractivity contribution in [2.45, 2.75) is 33.0 Å². The Bertz CT molecular complexity index is 657. The molecule has 1 amide bonds. The average molecular weight is 302 g/mol. The third-order valence-corrected chi connectivity index (χ3v) is 2.77. The second kappa shape index (κ2) is 5.19. The maximum Gasteiger partial charge on any atom is 0.433 e. The minimum absolute atomic E-state index is 0.00431. The third kappa shape index (κ3) is 3.03. The molecular weight excluding hydrogens is 289 g/mol. The lowest BCUT2D eigenvalue weighted by atomic mass is 10.2. The first-order chi connectivity index (χ1) is 9.70. The highest BCUT2D eigenvalue weighted by Crippen LogP contribution is 2.31. The molecule has 2 aromatic rings. The lowest BCUT2D eigenvalue weighted by Gasteiger charge is -2.04. The van der Waals surface area contributed by atoms with Crippen LogP contribution in [0.25, 0.3) is 0 Å². The van der Waals surface area contributed by atoms with Crippen molar-refractivity contribution in [1.82, 2.24) is 25.0 Å². The number of carbonyl (C=O) groups is 1. The number of hydrogen-bond donors (Lipinski definition) is 2. The molecule has 0 fully saturated rings. The fourth-order valence-corrected chi connectivity index (χ4v) is 1.64. The normalized spacial score (nSPS) is 12.0. The topological polar surface area (TPSA) is 88.5 Å². The summed E-state index contributed by atoms with van der Waals surface area (Å²) >= 11 is 0. The number of H-pyrrole nitrogens is 1. The number of halogens is 3. The Labute approximate surface area is 117 Å². The molecule has 0 spiro atoms. The van der Waals surface area contributed by atoms with Crippen molar-refractivity contribution in [1.29, 1.82) is 0 Å². The molecule has 2 N–H and O–H groups in total. The molecule has 0 aliphatic carbocycles. The van der Waals surface area contributed by atoms with Gasteiger partial charge in [-0.3, -0.25) is 15.2 Å². The third-order valence-electron chi connectivity index (χ3n) is 2.77. The van der Waals surface area contributed by atoms with Gasteiger partial charge in [-0.15, -0.1) is 5.10 Å². The molecule has 0 radical (unpaired) electrons. The van der Waals surface area contributed by atoms with Gasteiger partial charge < -0.3 is 0 Å². The highest BCUT2D eigenvalue weighted by molar-refractivity contribution is 6.02. The average Bonchev–Trinajstić information content (AvgIpc) is 2.94. The Hall–Kier alpha value is -2.39. The van der Waals surface area contributed by atoms with Gasteiger partial charge in [-0.25, -0.2) is 9.67 Å². The number of rotatable bonds is 3. The van der Waals surface area contributed by atoms with Crippen LogP contribution in [0.3, 0.4) is 0 Å². The summed E-state index contributed by atoms with van der Waals surface area (Å²) in [6.45, 7) is 4.91. The van der Waals surface area contributed by atoms with Crippen LogP contribution in [0, 0.1) is 6.92 Å². The van der Waals surface area contributed by atoms with Gasteiger partial charge in [-0.2, -0.15) is 18.3 Å². The van der Waals surface area contributed by atoms with Crippen molar-refractivity contribution in [2.24, 2.45) is 0 Å². The Morgan fingerprint density at radius 1 is 1.43 bits per heavy atom. The second-order valence-corrected chi connectivity index (χ2v) is 4.67. The van der Waals surface area contributed by atoms with Crippen molar-refractivity contribution in [2.75, 3.05) is 5.32 Å². The van der Waals surface area contributed by atoms with Crippen LogP contribution < -0.4 is 5.32 Å². The van der Waals surface area contributed by atoms with Gasteiger partial charge in [0.05, 0.1) is 0 Å². The zero-order valence-corrected chi connectivity index (χ0v) is 11.5. The molecule has 7 nitrogen and oxygen atoms in total. The lowest BCUT2D eigenvalue weighted by molar-refractivity contribution is -0.141. The smallest absolute Gasteiger partial charge is 0.288 e. The zero-order chi connectivity index (χ0) is 15.8. The van der Waals surface area contributed by atoms with E-state index in [-0.39, 0.29) is 23.2 Å². The fraction of sp³-hybridized carbons (Fsp3) is 0.455. The van der Waals surface area contributed by atoms with E-state index in [1.807, 2.05) is 18.9 Å². The van der Waals surface area contributed by atoms with E-state index in [0.29, 0.717) is 0 Å². The fourth-order valence-electron chi connectivity index (χ4n) is 1.64. The van der Waals surface area contributed by atoms with Gasteiger partial charge in [0.1, 0.15) is 12.0 Å². The molecule has 2 rings (SSSR count). The van der Waals surface area contributed by atoms with Crippen LogP contribution in [0.4, 0.5) is 19.1 Å². The number of nitrogens with one attached hydrogen (secondary N) is 2. The van der Waals surface area contributed by atoms with Crippen molar-refractivity contribution in [3.05, 3.63) is 23.3 Å². The molecule has 0 unspecified atom stereocenters. The standard InChI is InChI=1S/C11H13F3N6O/c1-5(2)20-4-15-10(19-20)16-9(21)7-6(3)8(18-17-7)11(12,13)14/h4-5H,1-3H3,(H,17,18)(H,16,19,21). The monoisotopic (exact) mass is 302 g/mol. The molecule has 0 aliphatic heterocycles. The SMILES string of the molecule is Cc1c(C(=O)Nc2ncn(C(C)C)n2)n[nH]c1C(F)(F)F. The molecule has 0 saturated carbocycles. The van der Waals surface area contributed by atoms with E-state index < -0.39 is 17.8 Å². The van der Waals surface area contributed by atoms with Crippen LogP contribution in [0.2, 0.25) is 0 Å². The van der Waals surface area contributed by atoms with E-state index in [1.54, 1.807) is 0 Å². The first-order valence-corrected chi connectivity index (χ1v) is 6.04. The maximum atomic E-state index is 12.6. The van der Waals surface area contributed by atoms with E-state index in [1.165, 1.54) is 17.9 Å². The van der Waals surface area contributed by atoms with Crippen molar-refractivity contribution in [3.63, 3.8) is 0 Å². The lowest BCUT2D eigenvalue weighted by Crippen LogP contribution is -2.16. The van der Waals surface area contributed by atoms with Gasteiger partial charge in [-0.05, 0) is 20.8 Å². The van der Waals surface area contributed by atoms with Crippen LogP contribution in [0.1, 0.15) is 41.6 Å². The summed E-state index contributed by atoms with van der Waals surface area (Å²) in [5.74, 6) is -0.801. The van der Waals surface area contributed by atoms with Crippen LogP contribution in [-0.2, 0) is 6.18 Å². The highest BCUT2D eigenvalue weighted by atomic mass is 19.4. The van der Waals surface area contributed by atoms with E-state index >= 15 is 0 Å². The minimum Gasteiger partial charge on any atom is -0.288 e. The van der Waals surface area contributed by atoms with Crippen molar-refractivity contribution < 1.29 is 18.0 Å². The summed E-state index contributed by atoms with van der Waals surface area (Å²) in [7, 11) is 0. The van der Waals surface area contributed by atoms with Gasteiger partial charge in [0, 0.05) is 11.6 Å². The molecule has 2 heterocycles. The summed E-state index contributed by atoms with van der Waals surface area (Å²) in [5.41, 5.74) is -1.67. The summed E-state index contributed by atoms with van der Waals surface area (Å²) in [6, 6.07) is 0.0482. The molecule has 0 bridgehead atoms. The Balaban J connectivity index is 2.19. The highest BCUT2D eigenvalue weighted by Gasteiger charge is 2.36. The maximum absolute atomic E-state index is 12.6. The molecular formula is C11H13F3N6O. The molecule has 0 aromatic carbocycles. The summed E-state index contributed by atoms with van der Waals surface area (Å²) < 4.78 is 39.3. The van der Waals surface area contributed by atoms with Gasteiger partial charge in [0.15, 0.2) is 5.69 Å². The zero-order valence-electron chi connectivity index (χ0n) is 11.5. The number of alkyl halides is 3. The number of carbonyl (C=O) groups excluding carboxylic acids is 1. The number of aromatic nitrogens is 5. The number of nitrogens with zero attached hydrogens (tertiary/aromatic N) is 4. The predicted octanol–water partition coefficient (Wildman–Crippen LogP) is 2.16. The minimum atomic E-state index is -4.59. The van der Waals surface area contributed by atoms with E-state index in [2.05, 4.69) is 20.5 Å². The summed E-state index contributed by atoms with van der Waals surface area (Å²) in [5, 5.41) is 11.5. The molecule has 0 saturated heterocycles. The summed E-state index contributed by atoms with van der Waals surface area (Å²) in [4.78, 5) is 15.8. The first kappa shape index (κ1) is 15.0. The van der Waals surface area contributed by atoms with Crippen molar-refractivity contribution in [3.8, 4) is 0 Å². The molecule has 0 aliphatic rings. The largest absolute Gasteiger partial charge is 0.433 e. The predicted molar refractivity (Wildman–Crippen MR) is 66.7 cm³/mol. The second-order valence-electron chi connectivity index (χ2n) is 4.67. The number of hydrogen-bond acceptors (Lipinski definition) is 4. The number of anilines is 1. The molecule has 2 aromatic heterocycles. The Kier molecular flexibility index (Phi) is 3.71. The Morgan fingerprint density at radius 2 is 2.10 bits per heavy atom. The molecule has 0 atom stereocenters. The van der Waals surface area contributed by atoms with E-state index in [9.17, 15) is 18.0 Å². The van der Waals surface area contributed by atoms with Gasteiger partial charge in [0.25, 0.3) is 5.91 Å². The van der Waals surface area contributed by atoms with Gasteiger partial charge in [-0.1, -0.05) is 0 Å². The van der Waals surface area contributed by atoms with Gasteiger partial charge >= 0.3 is 6.18 Å². The number of aromatic amines is 1. The van der Waals surface area contributed by atoms with E-state index in [0.717, 1.165) is 0 Å². The van der Waals surface area contributed by atoms with Crippen LogP contribution in [0.15, 0.2) is 6.33 Å². The molecule has 10 heteroatoms. The molecule has 21 heavy (non-hydrogen) atoms. The quantitative estimate of drug-likeness (QED) is 0.909.